The van der Waals surface area contributed by atoms with Gasteiger partial charge in [-0.2, -0.15) is 5.10 Å². The number of aromatic nitrogens is 3. The number of hydrogen-bond acceptors (Lipinski definition) is 4. The van der Waals surface area contributed by atoms with Crippen LogP contribution < -0.4 is 5.32 Å². The van der Waals surface area contributed by atoms with Crippen LogP contribution in [0, 0.1) is 0 Å². The van der Waals surface area contributed by atoms with E-state index in [1.54, 1.807) is 7.11 Å². The van der Waals surface area contributed by atoms with Crippen molar-refractivity contribution in [2.45, 2.75) is 76.9 Å². The molecule has 0 unspecified atom stereocenters. The van der Waals surface area contributed by atoms with E-state index in [0.29, 0.717) is 6.61 Å². The molecular weight excluding hydrogens is 318 g/mol. The van der Waals surface area contributed by atoms with Gasteiger partial charge < -0.3 is 15.0 Å². The largest absolute Gasteiger partial charge is 0.382 e. The van der Waals surface area contributed by atoms with E-state index in [1.807, 2.05) is 9.58 Å². The monoisotopic (exact) mass is 349 g/mol. The molecule has 0 aromatic carbocycles. The van der Waals surface area contributed by atoms with E-state index in [9.17, 15) is 4.79 Å². The highest BCUT2D eigenvalue weighted by Gasteiger charge is 2.43. The summed E-state index contributed by atoms with van der Waals surface area (Å²) in [7, 11) is 1.72. The van der Waals surface area contributed by atoms with Crippen LogP contribution in [0.25, 0.3) is 0 Å². The maximum absolute atomic E-state index is 13.1. The van der Waals surface area contributed by atoms with Crippen molar-refractivity contribution in [2.24, 2.45) is 0 Å². The quantitative estimate of drug-likeness (QED) is 0.857. The van der Waals surface area contributed by atoms with Crippen molar-refractivity contribution in [1.82, 2.24) is 25.0 Å². The minimum Gasteiger partial charge on any atom is -0.382 e. The molecule has 1 aromatic heterocycles. The van der Waals surface area contributed by atoms with Gasteiger partial charge in [0, 0.05) is 26.6 Å². The Bertz CT molecular complexity index is 594. The molecule has 7 heteroatoms. The lowest BCUT2D eigenvalue weighted by Gasteiger charge is -2.39. The van der Waals surface area contributed by atoms with E-state index >= 15 is 0 Å². The number of methoxy groups -OCH3 is 1. The first-order valence-corrected chi connectivity index (χ1v) is 9.64. The van der Waals surface area contributed by atoms with Gasteiger partial charge in [0.25, 0.3) is 0 Å². The van der Waals surface area contributed by atoms with Crippen molar-refractivity contribution < 1.29 is 9.53 Å². The van der Waals surface area contributed by atoms with Gasteiger partial charge in [0.05, 0.1) is 18.2 Å². The van der Waals surface area contributed by atoms with Crippen molar-refractivity contribution in [2.75, 3.05) is 20.3 Å². The minimum atomic E-state index is -0.162. The Hall–Kier alpha value is -1.63. The van der Waals surface area contributed by atoms with E-state index < -0.39 is 0 Å². The molecule has 0 aliphatic carbocycles. The van der Waals surface area contributed by atoms with Crippen LogP contribution in [-0.2, 0) is 17.7 Å². The van der Waals surface area contributed by atoms with Crippen LogP contribution in [0.2, 0.25) is 0 Å². The molecule has 25 heavy (non-hydrogen) atoms. The number of urea groups is 1. The van der Waals surface area contributed by atoms with Crippen molar-refractivity contribution in [1.29, 1.82) is 0 Å². The highest BCUT2D eigenvalue weighted by atomic mass is 16.5. The zero-order chi connectivity index (χ0) is 17.9. The van der Waals surface area contributed by atoms with Crippen molar-refractivity contribution in [3.63, 3.8) is 0 Å². The summed E-state index contributed by atoms with van der Waals surface area (Å²) in [6, 6.07) is -0.0287. The van der Waals surface area contributed by atoms with Gasteiger partial charge in [-0.25, -0.2) is 14.5 Å². The fraction of sp³-hybridized carbons (Fsp3) is 0.833. The molecular formula is C18H31N5O2. The zero-order valence-corrected chi connectivity index (χ0v) is 15.8. The molecule has 2 amide bonds. The van der Waals surface area contributed by atoms with Crippen molar-refractivity contribution >= 4 is 6.03 Å². The Morgan fingerprint density at radius 1 is 1.36 bits per heavy atom. The molecule has 7 nitrogen and oxygen atoms in total. The average Bonchev–Trinajstić information content (AvgIpc) is 3.20. The predicted molar refractivity (Wildman–Crippen MR) is 95.4 cm³/mol. The molecule has 3 rings (SSSR count). The van der Waals surface area contributed by atoms with E-state index in [-0.39, 0.29) is 17.6 Å². The lowest BCUT2D eigenvalue weighted by Crippen LogP contribution is -2.54. The fourth-order valence-electron chi connectivity index (χ4n) is 4.38. The van der Waals surface area contributed by atoms with Gasteiger partial charge in [-0.05, 0) is 32.1 Å². The van der Waals surface area contributed by atoms with E-state index in [0.717, 1.165) is 69.7 Å². The van der Waals surface area contributed by atoms with Crippen LogP contribution in [0.3, 0.4) is 0 Å². The summed E-state index contributed by atoms with van der Waals surface area (Å²) in [4.78, 5) is 19.7. The Morgan fingerprint density at radius 3 is 2.92 bits per heavy atom. The molecule has 2 atom stereocenters. The normalized spacial score (nSPS) is 25.9. The van der Waals surface area contributed by atoms with E-state index in [4.69, 9.17) is 4.74 Å². The lowest BCUT2D eigenvalue weighted by atomic mass is 9.91. The van der Waals surface area contributed by atoms with Crippen molar-refractivity contribution in [3.05, 3.63) is 11.6 Å². The number of amides is 2. The topological polar surface area (TPSA) is 72.3 Å². The maximum Gasteiger partial charge on any atom is 0.318 e. The number of nitrogens with one attached hydrogen (secondary N) is 1. The summed E-state index contributed by atoms with van der Waals surface area (Å²) in [6.07, 6.45) is 6.84. The summed E-state index contributed by atoms with van der Waals surface area (Å²) < 4.78 is 7.44. The fourth-order valence-corrected chi connectivity index (χ4v) is 4.38. The third-order valence-corrected chi connectivity index (χ3v) is 5.50. The Labute approximate surface area is 150 Å². The number of carbonyl (C=O) groups excluding carboxylic acids is 1. The third kappa shape index (κ3) is 3.52. The van der Waals surface area contributed by atoms with Gasteiger partial charge in [-0.3, -0.25) is 0 Å². The van der Waals surface area contributed by atoms with Gasteiger partial charge >= 0.3 is 6.03 Å². The molecule has 1 aromatic rings. The van der Waals surface area contributed by atoms with Crippen LogP contribution in [0.5, 0.6) is 0 Å². The molecule has 0 radical (unpaired) electrons. The number of fused-ring (bicyclic) bond motifs is 1. The van der Waals surface area contributed by atoms with Crippen LogP contribution in [0.4, 0.5) is 4.79 Å². The summed E-state index contributed by atoms with van der Waals surface area (Å²) >= 11 is 0. The molecule has 3 heterocycles. The predicted octanol–water partition coefficient (Wildman–Crippen LogP) is 2.67. The molecule has 0 saturated carbocycles. The van der Waals surface area contributed by atoms with E-state index in [1.165, 1.54) is 0 Å². The third-order valence-electron chi connectivity index (χ3n) is 5.50. The molecule has 2 aliphatic heterocycles. The summed E-state index contributed by atoms with van der Waals surface area (Å²) in [5.41, 5.74) is -0.162. The Morgan fingerprint density at radius 2 is 2.20 bits per heavy atom. The maximum atomic E-state index is 13.1. The summed E-state index contributed by atoms with van der Waals surface area (Å²) in [5, 5.41) is 7.77. The first-order chi connectivity index (χ1) is 12.1. The number of nitrogens with zero attached hydrogens (tertiary/aromatic N) is 4. The molecule has 0 spiro atoms. The van der Waals surface area contributed by atoms with Crippen LogP contribution in [0.15, 0.2) is 0 Å². The van der Waals surface area contributed by atoms with Gasteiger partial charge in [0.2, 0.25) is 0 Å². The molecule has 0 bridgehead atoms. The summed E-state index contributed by atoms with van der Waals surface area (Å²) in [5.74, 6) is 1.76. The van der Waals surface area contributed by atoms with Gasteiger partial charge in [0.15, 0.2) is 5.82 Å². The van der Waals surface area contributed by atoms with Gasteiger partial charge in [-0.1, -0.05) is 20.3 Å². The highest BCUT2D eigenvalue weighted by molar-refractivity contribution is 5.76. The molecule has 1 saturated heterocycles. The number of likely N-dealkylation sites (tertiary alicyclic amines) is 1. The zero-order valence-electron chi connectivity index (χ0n) is 15.8. The molecule has 1 fully saturated rings. The highest BCUT2D eigenvalue weighted by Crippen LogP contribution is 2.34. The number of rotatable bonds is 6. The van der Waals surface area contributed by atoms with Gasteiger partial charge in [0.1, 0.15) is 5.82 Å². The second kappa shape index (κ2) is 7.72. The molecule has 140 valence electrons. The van der Waals surface area contributed by atoms with Crippen molar-refractivity contribution in [3.8, 4) is 0 Å². The van der Waals surface area contributed by atoms with Crippen LogP contribution >= 0.6 is 0 Å². The molecule has 1 N–H and O–H groups in total. The Balaban J connectivity index is 1.75. The van der Waals surface area contributed by atoms with Gasteiger partial charge in [-0.15, -0.1) is 0 Å². The smallest absolute Gasteiger partial charge is 0.318 e. The molecule has 2 aliphatic rings. The van der Waals surface area contributed by atoms with Crippen LogP contribution in [-0.4, -0.2) is 51.5 Å². The second-order valence-electron chi connectivity index (χ2n) is 7.27. The standard InChI is InChI=1S/C18H31N5O2/c1-4-9-18(13-25-3)10-7-11-22(18)17(24)19-14-8-6-12-23-16(14)20-15(5-2)21-23/h14H,4-13H2,1-3H3,(H,19,24)/t14-,18-/m1/s1. The number of ether oxygens (including phenoxy) is 1. The Kier molecular flexibility index (Phi) is 5.61. The lowest BCUT2D eigenvalue weighted by molar-refractivity contribution is 0.0489. The minimum absolute atomic E-state index is 0.0162. The van der Waals surface area contributed by atoms with E-state index in [2.05, 4.69) is 29.2 Å². The number of hydrogen-bond donors (Lipinski definition) is 1. The number of carbonyl (C=O) groups is 1. The number of aryl methyl sites for hydroxylation is 2. The second-order valence-corrected chi connectivity index (χ2v) is 7.27. The van der Waals surface area contributed by atoms with Crippen LogP contribution in [0.1, 0.15) is 70.1 Å². The average molecular weight is 349 g/mol. The summed E-state index contributed by atoms with van der Waals surface area (Å²) in [6.45, 7) is 6.52. The SMILES string of the molecule is CCC[C@]1(COC)CCCN1C(=O)N[C@@H]1CCCn2nc(CC)nc21. The first-order valence-electron chi connectivity index (χ1n) is 9.64. The first kappa shape index (κ1) is 18.2.